The number of ether oxygens (including phenoxy) is 2. The second-order valence-corrected chi connectivity index (χ2v) is 4.83. The van der Waals surface area contributed by atoms with Crippen molar-refractivity contribution in [1.29, 1.82) is 0 Å². The van der Waals surface area contributed by atoms with Crippen molar-refractivity contribution in [3.8, 4) is 11.5 Å². The largest absolute Gasteiger partial charge is 0.493 e. The number of aromatic nitrogens is 1. The topological polar surface area (TPSA) is 60.5 Å². The summed E-state index contributed by atoms with van der Waals surface area (Å²) in [6, 6.07) is 8.69. The monoisotopic (exact) mass is 320 g/mol. The summed E-state index contributed by atoms with van der Waals surface area (Å²) >= 11 is 6.16. The number of pyridine rings is 1. The zero-order valence-corrected chi connectivity index (χ0v) is 13.2. The number of benzene rings is 1. The van der Waals surface area contributed by atoms with Crippen LogP contribution in [0, 0.1) is 0 Å². The van der Waals surface area contributed by atoms with Crippen LogP contribution in [0.5, 0.6) is 11.5 Å². The Hall–Kier alpha value is -2.27. The lowest BCUT2D eigenvalue weighted by Gasteiger charge is -2.13. The van der Waals surface area contributed by atoms with Gasteiger partial charge in [0.15, 0.2) is 11.5 Å². The highest BCUT2D eigenvalue weighted by atomic mass is 35.5. The molecule has 0 bridgehead atoms. The average molecular weight is 321 g/mol. The summed E-state index contributed by atoms with van der Waals surface area (Å²) in [5.41, 5.74) is 1.18. The predicted octanol–water partition coefficient (Wildman–Crippen LogP) is 3.07. The Labute approximate surface area is 134 Å². The van der Waals surface area contributed by atoms with Crippen molar-refractivity contribution >= 4 is 17.5 Å². The molecule has 0 saturated heterocycles. The van der Waals surface area contributed by atoms with Crippen molar-refractivity contribution < 1.29 is 14.3 Å². The first-order valence-electron chi connectivity index (χ1n) is 6.84. The molecule has 2 rings (SSSR count). The van der Waals surface area contributed by atoms with Crippen LogP contribution in [0.15, 0.2) is 36.5 Å². The molecule has 0 radical (unpaired) electrons. The van der Waals surface area contributed by atoms with E-state index in [1.165, 1.54) is 7.11 Å². The van der Waals surface area contributed by atoms with Gasteiger partial charge in [0.05, 0.1) is 31.0 Å². The van der Waals surface area contributed by atoms with E-state index in [9.17, 15) is 4.79 Å². The summed E-state index contributed by atoms with van der Waals surface area (Å²) in [4.78, 5) is 16.4. The Balaban J connectivity index is 2.14. The number of carbonyl (C=O) groups excluding carboxylic acids is 1. The molecule has 22 heavy (non-hydrogen) atoms. The zero-order chi connectivity index (χ0) is 15.9. The number of nitrogens with zero attached hydrogens (tertiary/aromatic N) is 1. The maximum absolute atomic E-state index is 12.2. The molecule has 0 saturated carbocycles. The smallest absolute Gasteiger partial charge is 0.251 e. The fraction of sp³-hybridized carbons (Fsp3) is 0.250. The van der Waals surface area contributed by atoms with Crippen molar-refractivity contribution in [1.82, 2.24) is 10.3 Å². The molecule has 5 nitrogen and oxygen atoms in total. The van der Waals surface area contributed by atoms with E-state index in [4.69, 9.17) is 21.1 Å². The highest BCUT2D eigenvalue weighted by Crippen LogP contribution is 2.36. The molecule has 0 aliphatic rings. The van der Waals surface area contributed by atoms with Crippen LogP contribution in [0.4, 0.5) is 0 Å². The summed E-state index contributed by atoms with van der Waals surface area (Å²) in [6.07, 6.45) is 1.68. The van der Waals surface area contributed by atoms with Crippen LogP contribution < -0.4 is 14.8 Å². The number of amides is 1. The maximum Gasteiger partial charge on any atom is 0.251 e. The summed E-state index contributed by atoms with van der Waals surface area (Å²) < 4.78 is 10.7. The van der Waals surface area contributed by atoms with Crippen molar-refractivity contribution in [3.63, 3.8) is 0 Å². The molecule has 0 spiro atoms. The predicted molar refractivity (Wildman–Crippen MR) is 84.6 cm³/mol. The molecule has 6 heteroatoms. The average Bonchev–Trinajstić information content (AvgIpc) is 2.55. The van der Waals surface area contributed by atoms with Gasteiger partial charge in [0, 0.05) is 11.8 Å². The zero-order valence-electron chi connectivity index (χ0n) is 12.4. The second kappa shape index (κ2) is 7.66. The van der Waals surface area contributed by atoms with Crippen molar-refractivity contribution in [2.75, 3.05) is 13.7 Å². The van der Waals surface area contributed by atoms with Gasteiger partial charge < -0.3 is 14.8 Å². The first-order chi connectivity index (χ1) is 10.7. The number of hydrogen-bond acceptors (Lipinski definition) is 4. The standard InChI is InChI=1S/C16H17ClN2O3/c1-3-22-15-13(17)8-11(9-14(15)21-2)16(20)19-10-12-6-4-5-7-18-12/h4-9H,3,10H2,1-2H3,(H,19,20). The minimum absolute atomic E-state index is 0.256. The molecule has 0 fully saturated rings. The van der Waals surface area contributed by atoms with Gasteiger partial charge in [-0.2, -0.15) is 0 Å². The molecule has 2 aromatic rings. The Morgan fingerprint density at radius 3 is 2.82 bits per heavy atom. The van der Waals surface area contributed by atoms with Gasteiger partial charge in [-0.05, 0) is 31.2 Å². The van der Waals surface area contributed by atoms with Crippen molar-refractivity contribution in [3.05, 3.63) is 52.8 Å². The van der Waals surface area contributed by atoms with Crippen molar-refractivity contribution in [2.24, 2.45) is 0 Å². The lowest BCUT2D eigenvalue weighted by molar-refractivity contribution is 0.0950. The normalized spacial score (nSPS) is 10.1. The van der Waals surface area contributed by atoms with Crippen LogP contribution in [-0.4, -0.2) is 24.6 Å². The second-order valence-electron chi connectivity index (χ2n) is 4.43. The summed E-state index contributed by atoms with van der Waals surface area (Å²) in [6.45, 7) is 2.65. The molecule has 0 aliphatic heterocycles. The van der Waals surface area contributed by atoms with Crippen LogP contribution in [-0.2, 0) is 6.54 Å². The van der Waals surface area contributed by atoms with Crippen LogP contribution in [0.1, 0.15) is 23.0 Å². The van der Waals surface area contributed by atoms with E-state index < -0.39 is 0 Å². The fourth-order valence-corrected chi connectivity index (χ4v) is 2.18. The van der Waals surface area contributed by atoms with E-state index in [0.29, 0.717) is 35.2 Å². The molecule has 0 atom stereocenters. The van der Waals surface area contributed by atoms with E-state index >= 15 is 0 Å². The van der Waals surface area contributed by atoms with Gasteiger partial charge >= 0.3 is 0 Å². The van der Waals surface area contributed by atoms with Gasteiger partial charge in [-0.25, -0.2) is 0 Å². The molecule has 1 amide bonds. The first kappa shape index (κ1) is 16.1. The Morgan fingerprint density at radius 2 is 2.18 bits per heavy atom. The molecule has 1 N–H and O–H groups in total. The van der Waals surface area contributed by atoms with E-state index in [-0.39, 0.29) is 5.91 Å². The summed E-state index contributed by atoms with van der Waals surface area (Å²) in [5, 5.41) is 3.13. The van der Waals surface area contributed by atoms with E-state index in [0.717, 1.165) is 5.69 Å². The van der Waals surface area contributed by atoms with E-state index in [1.54, 1.807) is 18.3 Å². The van der Waals surface area contributed by atoms with Gasteiger partial charge in [-0.3, -0.25) is 9.78 Å². The third-order valence-corrected chi connectivity index (χ3v) is 3.22. The van der Waals surface area contributed by atoms with Gasteiger partial charge in [-0.1, -0.05) is 17.7 Å². The Kier molecular flexibility index (Phi) is 5.61. The Morgan fingerprint density at radius 1 is 1.36 bits per heavy atom. The molecule has 1 aromatic heterocycles. The minimum atomic E-state index is -0.256. The molecule has 1 heterocycles. The molecular formula is C16H17ClN2O3. The summed E-state index contributed by atoms with van der Waals surface area (Å²) in [5.74, 6) is 0.610. The summed E-state index contributed by atoms with van der Waals surface area (Å²) in [7, 11) is 1.50. The third-order valence-electron chi connectivity index (χ3n) is 2.94. The molecular weight excluding hydrogens is 304 g/mol. The van der Waals surface area contributed by atoms with Crippen LogP contribution in [0.3, 0.4) is 0 Å². The number of rotatable bonds is 6. The Bertz CT molecular complexity index is 647. The van der Waals surface area contributed by atoms with E-state index in [1.807, 2.05) is 25.1 Å². The number of carbonyl (C=O) groups is 1. The minimum Gasteiger partial charge on any atom is -0.493 e. The van der Waals surface area contributed by atoms with Gasteiger partial charge in [0.1, 0.15) is 0 Å². The van der Waals surface area contributed by atoms with Crippen LogP contribution >= 0.6 is 11.6 Å². The SMILES string of the molecule is CCOc1c(Cl)cc(C(=O)NCc2ccccn2)cc1OC. The lowest BCUT2D eigenvalue weighted by Crippen LogP contribution is -2.23. The fourth-order valence-electron chi connectivity index (χ4n) is 1.91. The number of methoxy groups -OCH3 is 1. The highest BCUT2D eigenvalue weighted by molar-refractivity contribution is 6.32. The number of nitrogens with one attached hydrogen (secondary N) is 1. The lowest BCUT2D eigenvalue weighted by atomic mass is 10.2. The molecule has 116 valence electrons. The molecule has 0 aliphatic carbocycles. The quantitative estimate of drug-likeness (QED) is 0.888. The molecule has 1 aromatic carbocycles. The third kappa shape index (κ3) is 3.89. The van der Waals surface area contributed by atoms with Crippen LogP contribution in [0.2, 0.25) is 5.02 Å². The first-order valence-corrected chi connectivity index (χ1v) is 7.22. The van der Waals surface area contributed by atoms with Crippen LogP contribution in [0.25, 0.3) is 0 Å². The van der Waals surface area contributed by atoms with E-state index in [2.05, 4.69) is 10.3 Å². The number of halogens is 1. The van der Waals surface area contributed by atoms with Gasteiger partial charge in [-0.15, -0.1) is 0 Å². The molecule has 0 unspecified atom stereocenters. The highest BCUT2D eigenvalue weighted by Gasteiger charge is 2.15. The maximum atomic E-state index is 12.2. The van der Waals surface area contributed by atoms with Crippen molar-refractivity contribution in [2.45, 2.75) is 13.5 Å². The van der Waals surface area contributed by atoms with Gasteiger partial charge in [0.25, 0.3) is 5.91 Å². The van der Waals surface area contributed by atoms with Gasteiger partial charge in [0.2, 0.25) is 0 Å². The number of hydrogen-bond donors (Lipinski definition) is 1.